The van der Waals surface area contributed by atoms with Gasteiger partial charge in [-0.25, -0.2) is 4.98 Å². The van der Waals surface area contributed by atoms with E-state index in [1.54, 1.807) is 12.3 Å². The first-order valence-corrected chi connectivity index (χ1v) is 7.47. The van der Waals surface area contributed by atoms with Gasteiger partial charge in [-0.15, -0.1) is 0 Å². The van der Waals surface area contributed by atoms with Gasteiger partial charge in [0, 0.05) is 24.7 Å². The third-order valence-electron chi connectivity index (χ3n) is 3.00. The molecule has 0 unspecified atom stereocenters. The van der Waals surface area contributed by atoms with E-state index in [1.165, 1.54) is 6.92 Å². The summed E-state index contributed by atoms with van der Waals surface area (Å²) in [6.07, 6.45) is 2.95. The quantitative estimate of drug-likeness (QED) is 0.762. The molecule has 0 saturated heterocycles. The molecule has 0 aliphatic carbocycles. The number of amides is 2. The Bertz CT molecular complexity index is 666. The summed E-state index contributed by atoms with van der Waals surface area (Å²) in [5, 5.41) is 8.66. The second-order valence-corrected chi connectivity index (χ2v) is 5.11. The number of aromatic nitrogens is 1. The van der Waals surface area contributed by atoms with Crippen molar-refractivity contribution < 1.29 is 9.59 Å². The van der Waals surface area contributed by atoms with Gasteiger partial charge >= 0.3 is 0 Å². The molecule has 6 heteroatoms. The predicted octanol–water partition coefficient (Wildman–Crippen LogP) is 3.52. The molecular weight excluding hydrogens is 292 g/mol. The van der Waals surface area contributed by atoms with E-state index in [4.69, 9.17) is 0 Å². The molecule has 1 aromatic carbocycles. The minimum absolute atomic E-state index is 0.0331. The standard InChI is InChI=1S/C17H20N4O2/c1-3-4-17(23)21-16-10-9-15(11-18-16)20-14-7-5-13(6-8-14)19-12(2)22/h5-11,20H,3-4H2,1-2H3,(H,19,22)(H,18,21,23). The fourth-order valence-electron chi connectivity index (χ4n) is 1.98. The van der Waals surface area contributed by atoms with E-state index < -0.39 is 0 Å². The van der Waals surface area contributed by atoms with Crippen molar-refractivity contribution in [3.63, 3.8) is 0 Å². The molecule has 2 amide bonds. The summed E-state index contributed by atoms with van der Waals surface area (Å²) in [5.74, 6) is 0.403. The number of anilines is 4. The van der Waals surface area contributed by atoms with Gasteiger partial charge in [0.05, 0.1) is 11.9 Å². The molecule has 23 heavy (non-hydrogen) atoms. The highest BCUT2D eigenvalue weighted by Crippen LogP contribution is 2.19. The Morgan fingerprint density at radius 2 is 1.61 bits per heavy atom. The Hall–Kier alpha value is -2.89. The summed E-state index contributed by atoms with van der Waals surface area (Å²) >= 11 is 0. The van der Waals surface area contributed by atoms with E-state index in [0.29, 0.717) is 12.2 Å². The van der Waals surface area contributed by atoms with E-state index >= 15 is 0 Å². The van der Waals surface area contributed by atoms with Gasteiger partial charge in [0.25, 0.3) is 0 Å². The van der Waals surface area contributed by atoms with Crippen LogP contribution in [0.5, 0.6) is 0 Å². The van der Waals surface area contributed by atoms with Crippen LogP contribution in [0, 0.1) is 0 Å². The number of nitrogens with one attached hydrogen (secondary N) is 3. The molecule has 2 rings (SSSR count). The number of rotatable bonds is 6. The Balaban J connectivity index is 1.95. The van der Waals surface area contributed by atoms with Crippen LogP contribution in [-0.4, -0.2) is 16.8 Å². The van der Waals surface area contributed by atoms with E-state index in [-0.39, 0.29) is 11.8 Å². The van der Waals surface area contributed by atoms with Gasteiger partial charge in [-0.05, 0) is 42.8 Å². The molecule has 1 heterocycles. The fraction of sp³-hybridized carbons (Fsp3) is 0.235. The van der Waals surface area contributed by atoms with Crippen LogP contribution in [0.3, 0.4) is 0 Å². The SMILES string of the molecule is CCCC(=O)Nc1ccc(Nc2ccc(NC(C)=O)cc2)cn1. The van der Waals surface area contributed by atoms with Crippen LogP contribution in [0.25, 0.3) is 0 Å². The number of hydrogen-bond acceptors (Lipinski definition) is 4. The molecule has 6 nitrogen and oxygen atoms in total. The Morgan fingerprint density at radius 1 is 0.957 bits per heavy atom. The summed E-state index contributed by atoms with van der Waals surface area (Å²) in [4.78, 5) is 26.7. The van der Waals surface area contributed by atoms with Gasteiger partial charge in [-0.1, -0.05) is 6.92 Å². The number of hydrogen-bond donors (Lipinski definition) is 3. The van der Waals surface area contributed by atoms with Gasteiger partial charge in [0.15, 0.2) is 0 Å². The smallest absolute Gasteiger partial charge is 0.225 e. The maximum absolute atomic E-state index is 11.5. The molecule has 3 N–H and O–H groups in total. The molecule has 0 atom stereocenters. The second-order valence-electron chi connectivity index (χ2n) is 5.11. The zero-order chi connectivity index (χ0) is 16.7. The van der Waals surface area contributed by atoms with Crippen LogP contribution in [0.4, 0.5) is 22.9 Å². The first-order chi connectivity index (χ1) is 11.1. The van der Waals surface area contributed by atoms with E-state index in [9.17, 15) is 9.59 Å². The lowest BCUT2D eigenvalue weighted by molar-refractivity contribution is -0.116. The zero-order valence-electron chi connectivity index (χ0n) is 13.2. The van der Waals surface area contributed by atoms with E-state index in [2.05, 4.69) is 20.9 Å². The van der Waals surface area contributed by atoms with Gasteiger partial charge < -0.3 is 16.0 Å². The third-order valence-corrected chi connectivity index (χ3v) is 3.00. The summed E-state index contributed by atoms with van der Waals surface area (Å²) in [5.41, 5.74) is 2.43. The first-order valence-electron chi connectivity index (χ1n) is 7.47. The average Bonchev–Trinajstić information content (AvgIpc) is 2.51. The Labute approximate surface area is 135 Å². The van der Waals surface area contributed by atoms with Crippen molar-refractivity contribution in [2.45, 2.75) is 26.7 Å². The highest BCUT2D eigenvalue weighted by atomic mass is 16.2. The lowest BCUT2D eigenvalue weighted by atomic mass is 10.2. The third kappa shape index (κ3) is 5.43. The van der Waals surface area contributed by atoms with Crippen LogP contribution in [0.15, 0.2) is 42.6 Å². The van der Waals surface area contributed by atoms with Crippen molar-refractivity contribution in [1.82, 2.24) is 4.98 Å². The summed E-state index contributed by atoms with van der Waals surface area (Å²) in [6.45, 7) is 3.43. The van der Waals surface area contributed by atoms with Crippen molar-refractivity contribution >= 4 is 34.7 Å². The van der Waals surface area contributed by atoms with Crippen molar-refractivity contribution in [2.75, 3.05) is 16.0 Å². The van der Waals surface area contributed by atoms with Gasteiger partial charge in [0.2, 0.25) is 11.8 Å². The number of carbonyl (C=O) groups excluding carboxylic acids is 2. The lowest BCUT2D eigenvalue weighted by Crippen LogP contribution is -2.11. The minimum atomic E-state index is -0.101. The van der Waals surface area contributed by atoms with Gasteiger partial charge in [-0.2, -0.15) is 0 Å². The first kappa shape index (κ1) is 16.5. The lowest BCUT2D eigenvalue weighted by Gasteiger charge is -2.09. The van der Waals surface area contributed by atoms with Crippen LogP contribution in [-0.2, 0) is 9.59 Å². The normalized spacial score (nSPS) is 10.0. The van der Waals surface area contributed by atoms with Crippen LogP contribution >= 0.6 is 0 Å². The van der Waals surface area contributed by atoms with E-state index in [0.717, 1.165) is 23.5 Å². The highest BCUT2D eigenvalue weighted by molar-refractivity contribution is 5.90. The minimum Gasteiger partial charge on any atom is -0.354 e. The van der Waals surface area contributed by atoms with Gasteiger partial charge in [0.1, 0.15) is 5.82 Å². The van der Waals surface area contributed by atoms with Gasteiger partial charge in [-0.3, -0.25) is 9.59 Å². The van der Waals surface area contributed by atoms with Crippen molar-refractivity contribution in [2.24, 2.45) is 0 Å². The molecule has 0 bridgehead atoms. The van der Waals surface area contributed by atoms with Crippen LogP contribution in [0.1, 0.15) is 26.7 Å². The number of nitrogens with zero attached hydrogens (tertiary/aromatic N) is 1. The molecule has 0 saturated carbocycles. The summed E-state index contributed by atoms with van der Waals surface area (Å²) < 4.78 is 0. The van der Waals surface area contributed by atoms with E-state index in [1.807, 2.05) is 37.3 Å². The molecule has 1 aromatic heterocycles. The fourth-order valence-corrected chi connectivity index (χ4v) is 1.98. The number of benzene rings is 1. The molecule has 120 valence electrons. The molecule has 0 radical (unpaired) electrons. The van der Waals surface area contributed by atoms with Crippen molar-refractivity contribution in [1.29, 1.82) is 0 Å². The Morgan fingerprint density at radius 3 is 2.17 bits per heavy atom. The largest absolute Gasteiger partial charge is 0.354 e. The predicted molar refractivity (Wildman–Crippen MR) is 91.8 cm³/mol. The number of carbonyl (C=O) groups is 2. The van der Waals surface area contributed by atoms with Crippen LogP contribution in [0.2, 0.25) is 0 Å². The number of pyridine rings is 1. The Kier molecular flexibility index (Phi) is 5.68. The summed E-state index contributed by atoms with van der Waals surface area (Å²) in [7, 11) is 0. The molecule has 0 aliphatic rings. The van der Waals surface area contributed by atoms with Crippen molar-refractivity contribution in [3.8, 4) is 0 Å². The molecule has 0 fully saturated rings. The average molecular weight is 312 g/mol. The van der Waals surface area contributed by atoms with Crippen molar-refractivity contribution in [3.05, 3.63) is 42.6 Å². The molecular formula is C17H20N4O2. The monoisotopic (exact) mass is 312 g/mol. The van der Waals surface area contributed by atoms with Crippen LogP contribution < -0.4 is 16.0 Å². The highest BCUT2D eigenvalue weighted by Gasteiger charge is 2.02. The maximum Gasteiger partial charge on any atom is 0.225 e. The molecule has 2 aromatic rings. The molecule has 0 spiro atoms. The topological polar surface area (TPSA) is 83.1 Å². The summed E-state index contributed by atoms with van der Waals surface area (Å²) in [6, 6.07) is 11.0. The maximum atomic E-state index is 11.5. The zero-order valence-corrected chi connectivity index (χ0v) is 13.2. The molecule has 0 aliphatic heterocycles. The second kappa shape index (κ2) is 7.93.